The third-order valence-electron chi connectivity index (χ3n) is 3.88. The van der Waals surface area contributed by atoms with E-state index in [1.807, 2.05) is 0 Å². The van der Waals surface area contributed by atoms with Crippen molar-refractivity contribution in [3.05, 3.63) is 36.2 Å². The second-order valence-electron chi connectivity index (χ2n) is 5.08. The first-order valence-corrected chi connectivity index (χ1v) is 6.32. The van der Waals surface area contributed by atoms with Gasteiger partial charge in [-0.3, -0.25) is 4.79 Å². The Morgan fingerprint density at radius 3 is 2.79 bits per heavy atom. The number of hydrogen-bond acceptors (Lipinski definition) is 3. The zero-order valence-corrected chi connectivity index (χ0v) is 10.2. The van der Waals surface area contributed by atoms with E-state index in [0.717, 1.165) is 12.8 Å². The number of carbonyl (C=O) groups excluding carboxylic acids is 1. The van der Waals surface area contributed by atoms with Crippen LogP contribution >= 0.6 is 0 Å². The van der Waals surface area contributed by atoms with Crippen LogP contribution < -0.4 is 5.32 Å². The Kier molecular flexibility index (Phi) is 2.81. The molecule has 3 unspecified atom stereocenters. The number of carboxylic acid groups (broad SMARTS) is 1. The molecule has 3 rings (SSSR count). The fraction of sp³-hybridized carbons (Fsp3) is 0.357. The van der Waals surface area contributed by atoms with Gasteiger partial charge >= 0.3 is 5.97 Å². The van der Waals surface area contributed by atoms with Crippen LogP contribution in [0.3, 0.4) is 0 Å². The zero-order valence-electron chi connectivity index (χ0n) is 10.2. The largest absolute Gasteiger partial charge is 0.476 e. The van der Waals surface area contributed by atoms with Crippen LogP contribution in [0.5, 0.6) is 0 Å². The molecule has 1 saturated carbocycles. The van der Waals surface area contributed by atoms with Gasteiger partial charge in [0.25, 0.3) is 0 Å². The molecule has 0 spiro atoms. The molecule has 0 radical (unpaired) electrons. The van der Waals surface area contributed by atoms with Crippen molar-refractivity contribution in [3.63, 3.8) is 0 Å². The summed E-state index contributed by atoms with van der Waals surface area (Å²) in [7, 11) is 0. The smallest absolute Gasteiger partial charge is 0.356 e. The Morgan fingerprint density at radius 2 is 2.16 bits per heavy atom. The maximum atomic E-state index is 12.2. The molecule has 1 amide bonds. The van der Waals surface area contributed by atoms with Crippen molar-refractivity contribution < 1.29 is 14.7 Å². The molecule has 2 bridgehead atoms. The number of allylic oxidation sites excluding steroid dienone is 2. The number of fused-ring (bicyclic) bond motifs is 2. The summed E-state index contributed by atoms with van der Waals surface area (Å²) in [5.41, 5.74) is 0.154. The molecule has 0 aliphatic heterocycles. The number of anilines is 1. The summed E-state index contributed by atoms with van der Waals surface area (Å²) in [4.78, 5) is 27.0. The second kappa shape index (κ2) is 4.50. The summed E-state index contributed by atoms with van der Waals surface area (Å²) >= 11 is 0. The Labute approximate surface area is 110 Å². The Balaban J connectivity index is 1.77. The predicted octanol–water partition coefficient (Wildman–Crippen LogP) is 1.93. The number of nitrogens with one attached hydrogen (secondary N) is 1. The monoisotopic (exact) mass is 258 g/mol. The summed E-state index contributed by atoms with van der Waals surface area (Å²) in [5, 5.41) is 11.7. The molecular weight excluding hydrogens is 244 g/mol. The molecular formula is C14H14N2O3. The summed E-state index contributed by atoms with van der Waals surface area (Å²) in [6.07, 6.45) is 7.56. The number of hydrogen-bond donors (Lipinski definition) is 2. The van der Waals surface area contributed by atoms with E-state index in [4.69, 9.17) is 5.11 Å². The van der Waals surface area contributed by atoms with Gasteiger partial charge in [0.1, 0.15) is 0 Å². The highest BCUT2D eigenvalue weighted by Gasteiger charge is 2.39. The Morgan fingerprint density at radius 1 is 1.32 bits per heavy atom. The predicted molar refractivity (Wildman–Crippen MR) is 68.7 cm³/mol. The van der Waals surface area contributed by atoms with E-state index in [9.17, 15) is 9.59 Å². The zero-order chi connectivity index (χ0) is 13.4. The molecule has 0 saturated heterocycles. The lowest BCUT2D eigenvalue weighted by Crippen LogP contribution is -2.26. The summed E-state index contributed by atoms with van der Waals surface area (Å²) in [6.45, 7) is 0. The fourth-order valence-corrected chi connectivity index (χ4v) is 2.98. The van der Waals surface area contributed by atoms with Crippen LogP contribution in [0, 0.1) is 17.8 Å². The lowest BCUT2D eigenvalue weighted by atomic mass is 9.93. The van der Waals surface area contributed by atoms with Gasteiger partial charge in [-0.15, -0.1) is 0 Å². The fourth-order valence-electron chi connectivity index (χ4n) is 2.98. The Bertz CT molecular complexity index is 568. The number of carboxylic acids is 1. The molecule has 5 nitrogen and oxygen atoms in total. The number of pyridine rings is 1. The average Bonchev–Trinajstić information content (AvgIpc) is 3.01. The highest BCUT2D eigenvalue weighted by Crippen LogP contribution is 2.43. The molecule has 2 aliphatic rings. The topological polar surface area (TPSA) is 79.3 Å². The minimum absolute atomic E-state index is 0.0446. The molecule has 19 heavy (non-hydrogen) atoms. The van der Waals surface area contributed by atoms with E-state index in [1.165, 1.54) is 6.20 Å². The van der Waals surface area contributed by atoms with Crippen LogP contribution in [0.15, 0.2) is 30.5 Å². The summed E-state index contributed by atoms with van der Waals surface area (Å²) in [6, 6.07) is 3.18. The number of carbonyl (C=O) groups is 2. The highest BCUT2D eigenvalue weighted by atomic mass is 16.4. The minimum atomic E-state index is -1.14. The molecule has 1 heterocycles. The number of aromatic carboxylic acids is 1. The third kappa shape index (κ3) is 2.12. The second-order valence-corrected chi connectivity index (χ2v) is 5.08. The molecule has 2 N–H and O–H groups in total. The highest BCUT2D eigenvalue weighted by molar-refractivity contribution is 6.00. The maximum absolute atomic E-state index is 12.2. The first kappa shape index (κ1) is 11.9. The number of aromatic nitrogens is 1. The van der Waals surface area contributed by atoms with Crippen molar-refractivity contribution in [1.29, 1.82) is 0 Å². The van der Waals surface area contributed by atoms with Gasteiger partial charge in [0.05, 0.1) is 5.69 Å². The number of rotatable bonds is 3. The van der Waals surface area contributed by atoms with Gasteiger partial charge in [0.15, 0.2) is 5.69 Å². The van der Waals surface area contributed by atoms with Crippen LogP contribution in [0.25, 0.3) is 0 Å². The maximum Gasteiger partial charge on any atom is 0.356 e. The van der Waals surface area contributed by atoms with Crippen molar-refractivity contribution in [2.45, 2.75) is 12.8 Å². The molecule has 3 atom stereocenters. The summed E-state index contributed by atoms with van der Waals surface area (Å²) in [5.74, 6) is -0.475. The van der Waals surface area contributed by atoms with Gasteiger partial charge in [-0.25, -0.2) is 9.78 Å². The van der Waals surface area contributed by atoms with Crippen molar-refractivity contribution in [2.75, 3.05) is 5.32 Å². The van der Waals surface area contributed by atoms with Crippen LogP contribution in [-0.4, -0.2) is 22.0 Å². The van der Waals surface area contributed by atoms with Crippen molar-refractivity contribution in [1.82, 2.24) is 4.98 Å². The van der Waals surface area contributed by atoms with Gasteiger partial charge in [-0.1, -0.05) is 12.2 Å². The normalized spacial score (nSPS) is 27.5. The molecule has 1 aromatic rings. The van der Waals surface area contributed by atoms with Crippen LogP contribution in [-0.2, 0) is 4.79 Å². The van der Waals surface area contributed by atoms with Crippen molar-refractivity contribution in [3.8, 4) is 0 Å². The third-order valence-corrected chi connectivity index (χ3v) is 3.88. The molecule has 98 valence electrons. The van der Waals surface area contributed by atoms with E-state index >= 15 is 0 Å². The van der Waals surface area contributed by atoms with Crippen LogP contribution in [0.2, 0.25) is 0 Å². The van der Waals surface area contributed by atoms with Gasteiger partial charge in [-0.05, 0) is 36.8 Å². The first-order chi connectivity index (χ1) is 9.15. The molecule has 5 heteroatoms. The molecule has 2 aliphatic carbocycles. The van der Waals surface area contributed by atoms with Crippen molar-refractivity contribution >= 4 is 17.6 Å². The number of amides is 1. The summed E-state index contributed by atoms with van der Waals surface area (Å²) < 4.78 is 0. The number of nitrogens with zero attached hydrogens (tertiary/aromatic N) is 1. The van der Waals surface area contributed by atoms with Crippen molar-refractivity contribution in [2.24, 2.45) is 17.8 Å². The van der Waals surface area contributed by atoms with E-state index in [-0.39, 0.29) is 23.2 Å². The molecule has 0 aromatic carbocycles. The van der Waals surface area contributed by atoms with Gasteiger partial charge in [0, 0.05) is 12.1 Å². The standard InChI is InChI=1S/C14H14N2O3/c17-13(10-7-8-3-4-9(10)6-8)16-11-2-1-5-15-12(11)14(18)19/h1-5,8-10H,6-7H2,(H,16,17)(H,18,19). The lowest BCUT2D eigenvalue weighted by Gasteiger charge is -2.18. The van der Waals surface area contributed by atoms with Gasteiger partial charge in [-0.2, -0.15) is 0 Å². The molecule has 1 fully saturated rings. The average molecular weight is 258 g/mol. The SMILES string of the molecule is O=C(O)c1ncccc1NC(=O)C1CC2C=CC1C2. The van der Waals surface area contributed by atoms with Gasteiger partial charge < -0.3 is 10.4 Å². The van der Waals surface area contributed by atoms with Crippen LogP contribution in [0.4, 0.5) is 5.69 Å². The molecule has 1 aromatic heterocycles. The Hall–Kier alpha value is -2.17. The van der Waals surface area contributed by atoms with E-state index in [2.05, 4.69) is 22.5 Å². The van der Waals surface area contributed by atoms with E-state index in [1.54, 1.807) is 12.1 Å². The van der Waals surface area contributed by atoms with Gasteiger partial charge in [0.2, 0.25) is 5.91 Å². The minimum Gasteiger partial charge on any atom is -0.476 e. The van der Waals surface area contributed by atoms with E-state index < -0.39 is 5.97 Å². The van der Waals surface area contributed by atoms with E-state index in [0.29, 0.717) is 11.8 Å². The quantitative estimate of drug-likeness (QED) is 0.812. The first-order valence-electron chi connectivity index (χ1n) is 6.32. The lowest BCUT2D eigenvalue weighted by molar-refractivity contribution is -0.120. The van der Waals surface area contributed by atoms with Crippen LogP contribution in [0.1, 0.15) is 23.3 Å².